The second kappa shape index (κ2) is 14.5. The second-order valence-corrected chi connectivity index (χ2v) is 11.6. The summed E-state index contributed by atoms with van der Waals surface area (Å²) in [4.78, 5) is 24.8. The van der Waals surface area contributed by atoms with Crippen molar-refractivity contribution in [3.05, 3.63) is 95.6 Å². The molecule has 1 atom stereocenters. The number of sulfonamides is 1. The number of rotatable bonds is 13. The van der Waals surface area contributed by atoms with Gasteiger partial charge in [0.25, 0.3) is 11.8 Å². The van der Waals surface area contributed by atoms with E-state index in [1.807, 2.05) is 25.1 Å². The van der Waals surface area contributed by atoms with Crippen LogP contribution in [0.15, 0.2) is 88.9 Å². The molecule has 0 unspecified atom stereocenters. The van der Waals surface area contributed by atoms with Crippen LogP contribution in [0.4, 0.5) is 0 Å². The molecule has 2 amide bonds. The third kappa shape index (κ3) is 9.24. The summed E-state index contributed by atoms with van der Waals surface area (Å²) in [7, 11) is -3.94. The average molecular weight is 579 g/mol. The molecule has 2 N–H and O–H groups in total. The zero-order chi connectivity index (χ0) is 29.1. The van der Waals surface area contributed by atoms with Crippen LogP contribution in [0, 0.1) is 6.92 Å². The minimum Gasteiger partial charge on any atom is -0.484 e. The first kappa shape index (κ1) is 29.9. The van der Waals surface area contributed by atoms with Crippen LogP contribution in [0.1, 0.15) is 29.5 Å². The second-order valence-electron chi connectivity index (χ2n) is 9.66. The Labute approximate surface area is 240 Å². The van der Waals surface area contributed by atoms with Crippen molar-refractivity contribution in [2.75, 3.05) is 26.3 Å². The van der Waals surface area contributed by atoms with Crippen molar-refractivity contribution in [3.8, 4) is 5.75 Å². The van der Waals surface area contributed by atoms with Crippen molar-refractivity contribution in [2.24, 2.45) is 5.10 Å². The molecule has 0 aromatic heterocycles. The molecule has 1 heterocycles. The zero-order valence-corrected chi connectivity index (χ0v) is 23.7. The monoisotopic (exact) mass is 578 g/mol. The molecule has 41 heavy (non-hydrogen) atoms. The minimum absolute atomic E-state index is 0.0298. The van der Waals surface area contributed by atoms with E-state index in [0.717, 1.165) is 34.9 Å². The summed E-state index contributed by atoms with van der Waals surface area (Å²) in [6.07, 6.45) is 3.47. The van der Waals surface area contributed by atoms with Gasteiger partial charge in [-0.3, -0.25) is 9.59 Å². The SMILES string of the molecule is Cc1ccc(S(=O)(=O)N(CC(=O)N/N=C/c2ccc(OCC(=O)NC[C@@H]3CCCO3)cc2)Cc2ccccc2)cc1. The summed E-state index contributed by atoms with van der Waals surface area (Å²) >= 11 is 0. The lowest BCUT2D eigenvalue weighted by molar-refractivity contribution is -0.123. The van der Waals surface area contributed by atoms with Crippen molar-refractivity contribution in [1.82, 2.24) is 15.0 Å². The maximum absolute atomic E-state index is 13.4. The van der Waals surface area contributed by atoms with Crippen LogP contribution in [0.5, 0.6) is 5.75 Å². The highest BCUT2D eigenvalue weighted by molar-refractivity contribution is 7.89. The summed E-state index contributed by atoms with van der Waals surface area (Å²) in [6, 6.07) is 22.4. The van der Waals surface area contributed by atoms with Gasteiger partial charge >= 0.3 is 0 Å². The van der Waals surface area contributed by atoms with Crippen molar-refractivity contribution in [2.45, 2.75) is 37.3 Å². The number of carbonyl (C=O) groups is 2. The van der Waals surface area contributed by atoms with Crippen LogP contribution in [-0.2, 0) is 30.9 Å². The van der Waals surface area contributed by atoms with Gasteiger partial charge in [-0.25, -0.2) is 13.8 Å². The van der Waals surface area contributed by atoms with Crippen LogP contribution in [-0.4, -0.2) is 63.2 Å². The summed E-state index contributed by atoms with van der Waals surface area (Å²) < 4.78 is 38.9. The fraction of sp³-hybridized carbons (Fsp3) is 0.300. The van der Waals surface area contributed by atoms with Crippen LogP contribution in [0.3, 0.4) is 0 Å². The predicted octanol–water partition coefficient (Wildman–Crippen LogP) is 3.01. The average Bonchev–Trinajstić information content (AvgIpc) is 3.50. The van der Waals surface area contributed by atoms with E-state index in [1.165, 1.54) is 18.3 Å². The Hall–Kier alpha value is -4.06. The summed E-state index contributed by atoms with van der Waals surface area (Å²) in [5.74, 6) is -0.294. The van der Waals surface area contributed by atoms with Gasteiger partial charge in [0.15, 0.2) is 6.61 Å². The summed E-state index contributed by atoms with van der Waals surface area (Å²) in [6.45, 7) is 2.59. The molecule has 0 radical (unpaired) electrons. The van der Waals surface area contributed by atoms with Gasteiger partial charge in [0, 0.05) is 19.7 Å². The minimum atomic E-state index is -3.94. The first-order valence-electron chi connectivity index (χ1n) is 13.3. The van der Waals surface area contributed by atoms with E-state index in [0.29, 0.717) is 17.9 Å². The van der Waals surface area contributed by atoms with Gasteiger partial charge in [-0.1, -0.05) is 48.0 Å². The smallest absolute Gasteiger partial charge is 0.258 e. The number of aryl methyl sites for hydroxylation is 1. The van der Waals surface area contributed by atoms with Crippen LogP contribution < -0.4 is 15.5 Å². The van der Waals surface area contributed by atoms with Crippen molar-refractivity contribution in [1.29, 1.82) is 0 Å². The molecule has 1 aliphatic heterocycles. The Morgan fingerprint density at radius 1 is 1.02 bits per heavy atom. The number of nitrogens with zero attached hydrogens (tertiary/aromatic N) is 2. The molecule has 3 aromatic rings. The van der Waals surface area contributed by atoms with Gasteiger partial charge < -0.3 is 14.8 Å². The van der Waals surface area contributed by atoms with Crippen LogP contribution >= 0.6 is 0 Å². The summed E-state index contributed by atoms with van der Waals surface area (Å²) in [5, 5.41) is 6.77. The van der Waals surface area contributed by atoms with Crippen molar-refractivity contribution >= 4 is 28.1 Å². The standard InChI is InChI=1S/C30H34N4O6S/c1-23-9-15-28(16-10-23)41(37,38)34(20-25-6-3-2-4-7-25)21-29(35)33-32-18-24-11-13-26(14-12-24)40-22-30(36)31-19-27-8-5-17-39-27/h2-4,6-7,9-16,18,27H,5,8,17,19-22H2,1H3,(H,31,36)(H,33,35)/b32-18+/t27-/m0/s1. The number of nitrogens with one attached hydrogen (secondary N) is 2. The highest BCUT2D eigenvalue weighted by atomic mass is 32.2. The Morgan fingerprint density at radius 3 is 2.44 bits per heavy atom. The Kier molecular flexibility index (Phi) is 10.6. The highest BCUT2D eigenvalue weighted by Crippen LogP contribution is 2.19. The third-order valence-electron chi connectivity index (χ3n) is 6.38. The molecule has 216 valence electrons. The fourth-order valence-electron chi connectivity index (χ4n) is 4.13. The lowest BCUT2D eigenvalue weighted by Gasteiger charge is -2.21. The lowest BCUT2D eigenvalue weighted by Crippen LogP contribution is -2.39. The molecule has 0 saturated carbocycles. The number of carbonyl (C=O) groups excluding carboxylic acids is 2. The predicted molar refractivity (Wildman–Crippen MR) is 155 cm³/mol. The number of ether oxygens (including phenoxy) is 2. The molecular weight excluding hydrogens is 544 g/mol. The lowest BCUT2D eigenvalue weighted by atomic mass is 10.2. The molecular formula is C30H34N4O6S. The number of hydrazone groups is 1. The largest absolute Gasteiger partial charge is 0.484 e. The number of amides is 2. The molecule has 1 aliphatic rings. The Balaban J connectivity index is 1.29. The molecule has 0 bridgehead atoms. The fourth-order valence-corrected chi connectivity index (χ4v) is 5.51. The van der Waals surface area contributed by atoms with E-state index >= 15 is 0 Å². The van der Waals surface area contributed by atoms with Gasteiger partial charge in [-0.05, 0) is 67.3 Å². The molecule has 3 aromatic carbocycles. The molecule has 0 aliphatic carbocycles. The molecule has 10 nitrogen and oxygen atoms in total. The Bertz CT molecular complexity index is 1420. The molecule has 4 rings (SSSR count). The van der Waals surface area contributed by atoms with E-state index in [-0.39, 0.29) is 30.1 Å². The van der Waals surface area contributed by atoms with Crippen LogP contribution in [0.25, 0.3) is 0 Å². The van der Waals surface area contributed by atoms with E-state index in [4.69, 9.17) is 9.47 Å². The maximum Gasteiger partial charge on any atom is 0.258 e. The number of hydrogen-bond donors (Lipinski definition) is 2. The quantitative estimate of drug-likeness (QED) is 0.237. The topological polar surface area (TPSA) is 126 Å². The van der Waals surface area contributed by atoms with Crippen LogP contribution in [0.2, 0.25) is 0 Å². The van der Waals surface area contributed by atoms with Gasteiger partial charge in [0.1, 0.15) is 5.75 Å². The first-order valence-corrected chi connectivity index (χ1v) is 14.8. The van der Waals surface area contributed by atoms with E-state index in [2.05, 4.69) is 15.8 Å². The highest BCUT2D eigenvalue weighted by Gasteiger charge is 2.27. The zero-order valence-electron chi connectivity index (χ0n) is 22.9. The molecule has 11 heteroatoms. The van der Waals surface area contributed by atoms with E-state index < -0.39 is 22.5 Å². The number of benzene rings is 3. The van der Waals surface area contributed by atoms with Gasteiger partial charge in [-0.15, -0.1) is 0 Å². The van der Waals surface area contributed by atoms with E-state index in [1.54, 1.807) is 48.5 Å². The Morgan fingerprint density at radius 2 is 1.76 bits per heavy atom. The number of hydrogen-bond acceptors (Lipinski definition) is 7. The van der Waals surface area contributed by atoms with Gasteiger partial charge in [0.2, 0.25) is 10.0 Å². The molecule has 0 spiro atoms. The first-order chi connectivity index (χ1) is 19.8. The van der Waals surface area contributed by atoms with Gasteiger partial charge in [-0.2, -0.15) is 9.41 Å². The third-order valence-corrected chi connectivity index (χ3v) is 8.19. The summed E-state index contributed by atoms with van der Waals surface area (Å²) in [5.41, 5.74) is 4.76. The van der Waals surface area contributed by atoms with Crippen molar-refractivity contribution < 1.29 is 27.5 Å². The molecule has 1 fully saturated rings. The van der Waals surface area contributed by atoms with E-state index in [9.17, 15) is 18.0 Å². The maximum atomic E-state index is 13.4. The van der Waals surface area contributed by atoms with Gasteiger partial charge in [0.05, 0.1) is 23.8 Å². The molecule has 1 saturated heterocycles. The normalized spacial score (nSPS) is 15.2. The van der Waals surface area contributed by atoms with Crippen molar-refractivity contribution in [3.63, 3.8) is 0 Å².